The number of aliphatic imine (C=N–C) groups is 1. The van der Waals surface area contributed by atoms with Crippen molar-refractivity contribution in [2.75, 3.05) is 13.6 Å². The van der Waals surface area contributed by atoms with Crippen LogP contribution in [0.3, 0.4) is 0 Å². The zero-order chi connectivity index (χ0) is 18.5. The summed E-state index contributed by atoms with van der Waals surface area (Å²) in [5.74, 6) is 0.716. The number of nitrogens with one attached hydrogen (secondary N) is 2. The average molecular weight is 475 g/mol. The first-order chi connectivity index (χ1) is 11.9. The zero-order valence-corrected chi connectivity index (χ0v) is 18.8. The molecule has 1 rings (SSSR count). The van der Waals surface area contributed by atoms with E-state index >= 15 is 0 Å². The van der Waals surface area contributed by atoms with Crippen LogP contribution < -0.4 is 10.6 Å². The lowest BCUT2D eigenvalue weighted by molar-refractivity contribution is -0.154. The zero-order valence-electron chi connectivity index (χ0n) is 16.5. The second-order valence-corrected chi connectivity index (χ2v) is 7.09. The first-order valence-corrected chi connectivity index (χ1v) is 9.11. The van der Waals surface area contributed by atoms with E-state index in [1.165, 1.54) is 5.56 Å². The van der Waals surface area contributed by atoms with Gasteiger partial charge in [0.2, 0.25) is 0 Å². The van der Waals surface area contributed by atoms with Crippen molar-refractivity contribution in [2.45, 2.75) is 65.0 Å². The Hall–Kier alpha value is -1.31. The number of carbonyl (C=O) groups is 1. The van der Waals surface area contributed by atoms with E-state index in [-0.39, 0.29) is 35.5 Å². The third kappa shape index (κ3) is 13.0. The molecular formula is C20H34IN3O2. The fourth-order valence-corrected chi connectivity index (χ4v) is 2.35. The van der Waals surface area contributed by atoms with Crippen LogP contribution in [0, 0.1) is 0 Å². The van der Waals surface area contributed by atoms with E-state index in [1.54, 1.807) is 7.05 Å². The lowest BCUT2D eigenvalue weighted by Crippen LogP contribution is -2.37. The van der Waals surface area contributed by atoms with E-state index in [1.807, 2.05) is 39.0 Å². The minimum atomic E-state index is -0.385. The summed E-state index contributed by atoms with van der Waals surface area (Å²) in [6.07, 6.45) is 4.57. The summed E-state index contributed by atoms with van der Waals surface area (Å²) in [6, 6.07) is 10.3. The fraction of sp³-hybridized carbons (Fsp3) is 0.600. The molecule has 1 aromatic carbocycles. The lowest BCUT2D eigenvalue weighted by atomic mass is 10.1. The molecule has 0 atom stereocenters. The van der Waals surface area contributed by atoms with Crippen molar-refractivity contribution < 1.29 is 9.53 Å². The van der Waals surface area contributed by atoms with Gasteiger partial charge in [0.1, 0.15) is 5.60 Å². The van der Waals surface area contributed by atoms with Crippen molar-refractivity contribution >= 4 is 35.9 Å². The first-order valence-electron chi connectivity index (χ1n) is 9.11. The second-order valence-electron chi connectivity index (χ2n) is 7.09. The molecule has 0 aromatic heterocycles. The van der Waals surface area contributed by atoms with Crippen molar-refractivity contribution in [3.05, 3.63) is 35.9 Å². The smallest absolute Gasteiger partial charge is 0.306 e. The van der Waals surface area contributed by atoms with Gasteiger partial charge < -0.3 is 15.4 Å². The van der Waals surface area contributed by atoms with Gasteiger partial charge in [0.15, 0.2) is 5.96 Å². The average Bonchev–Trinajstić information content (AvgIpc) is 2.56. The Kier molecular flexibility index (Phi) is 13.1. The van der Waals surface area contributed by atoms with Crippen molar-refractivity contribution in [1.82, 2.24) is 10.6 Å². The molecule has 0 saturated carbocycles. The Balaban J connectivity index is 0.00000625. The molecule has 26 heavy (non-hydrogen) atoms. The van der Waals surface area contributed by atoms with E-state index in [0.29, 0.717) is 6.42 Å². The van der Waals surface area contributed by atoms with E-state index in [0.717, 1.165) is 44.7 Å². The number of unbranched alkanes of at least 4 members (excludes halogenated alkanes) is 3. The van der Waals surface area contributed by atoms with Gasteiger partial charge in [0.05, 0.1) is 0 Å². The number of benzene rings is 1. The largest absolute Gasteiger partial charge is 0.460 e. The maximum Gasteiger partial charge on any atom is 0.306 e. The van der Waals surface area contributed by atoms with Crippen molar-refractivity contribution in [1.29, 1.82) is 0 Å². The molecule has 0 fully saturated rings. The molecule has 0 unspecified atom stereocenters. The molecule has 0 radical (unpaired) electrons. The molecule has 0 aliphatic rings. The molecule has 0 heterocycles. The molecule has 0 bridgehead atoms. The van der Waals surface area contributed by atoms with Gasteiger partial charge in [-0.2, -0.15) is 0 Å². The van der Waals surface area contributed by atoms with Crippen LogP contribution in [-0.2, 0) is 16.1 Å². The number of ether oxygens (including phenoxy) is 1. The van der Waals surface area contributed by atoms with E-state index in [9.17, 15) is 4.79 Å². The van der Waals surface area contributed by atoms with Gasteiger partial charge in [-0.1, -0.05) is 43.2 Å². The SMILES string of the molecule is CN=C(NCCCCCCC(=O)OC(C)(C)C)NCc1ccccc1.I. The highest BCUT2D eigenvalue weighted by Crippen LogP contribution is 2.10. The number of carbonyl (C=O) groups excluding carboxylic acids is 1. The maximum atomic E-state index is 11.6. The van der Waals surface area contributed by atoms with Gasteiger partial charge in [-0.3, -0.25) is 9.79 Å². The van der Waals surface area contributed by atoms with Gasteiger partial charge in [0.25, 0.3) is 0 Å². The Morgan fingerprint density at radius 1 is 1.04 bits per heavy atom. The summed E-state index contributed by atoms with van der Waals surface area (Å²) in [4.78, 5) is 15.8. The van der Waals surface area contributed by atoms with Gasteiger partial charge in [-0.15, -0.1) is 24.0 Å². The van der Waals surface area contributed by atoms with Gasteiger partial charge in [0, 0.05) is 26.6 Å². The summed E-state index contributed by atoms with van der Waals surface area (Å²) in [5, 5.41) is 6.62. The molecule has 5 nitrogen and oxygen atoms in total. The Morgan fingerprint density at radius 2 is 1.69 bits per heavy atom. The van der Waals surface area contributed by atoms with Crippen LogP contribution in [-0.4, -0.2) is 31.1 Å². The minimum Gasteiger partial charge on any atom is -0.460 e. The predicted octanol–water partition coefficient (Wildman–Crippen LogP) is 4.26. The van der Waals surface area contributed by atoms with E-state index < -0.39 is 0 Å². The Bertz CT molecular complexity index is 528. The van der Waals surface area contributed by atoms with Crippen LogP contribution in [0.1, 0.15) is 58.4 Å². The van der Waals surface area contributed by atoms with Gasteiger partial charge >= 0.3 is 5.97 Å². The summed E-state index contributed by atoms with van der Waals surface area (Å²) in [6.45, 7) is 7.33. The van der Waals surface area contributed by atoms with Crippen molar-refractivity contribution in [3.63, 3.8) is 0 Å². The molecule has 0 spiro atoms. The summed E-state index contributed by atoms with van der Waals surface area (Å²) in [5.41, 5.74) is 0.844. The van der Waals surface area contributed by atoms with Crippen molar-refractivity contribution in [3.8, 4) is 0 Å². The number of hydrogen-bond acceptors (Lipinski definition) is 3. The maximum absolute atomic E-state index is 11.6. The van der Waals surface area contributed by atoms with E-state index in [4.69, 9.17) is 4.74 Å². The van der Waals surface area contributed by atoms with Crippen LogP contribution in [0.5, 0.6) is 0 Å². The summed E-state index contributed by atoms with van der Waals surface area (Å²) >= 11 is 0. The molecule has 0 saturated heterocycles. The number of esters is 1. The third-order valence-corrected chi connectivity index (χ3v) is 3.55. The first kappa shape index (κ1) is 24.7. The van der Waals surface area contributed by atoms with Gasteiger partial charge in [-0.25, -0.2) is 0 Å². The van der Waals surface area contributed by atoms with Crippen LogP contribution in [0.2, 0.25) is 0 Å². The summed E-state index contributed by atoms with van der Waals surface area (Å²) < 4.78 is 5.30. The number of hydrogen-bond donors (Lipinski definition) is 2. The fourth-order valence-electron chi connectivity index (χ4n) is 2.35. The molecule has 2 N–H and O–H groups in total. The highest BCUT2D eigenvalue weighted by Gasteiger charge is 2.15. The lowest BCUT2D eigenvalue weighted by Gasteiger charge is -2.19. The molecular weight excluding hydrogens is 441 g/mol. The highest BCUT2D eigenvalue weighted by molar-refractivity contribution is 14.0. The normalized spacial score (nSPS) is 11.5. The molecule has 148 valence electrons. The molecule has 0 amide bonds. The minimum absolute atomic E-state index is 0. The molecule has 1 aromatic rings. The molecule has 0 aliphatic carbocycles. The predicted molar refractivity (Wildman–Crippen MR) is 119 cm³/mol. The van der Waals surface area contributed by atoms with Gasteiger partial charge in [-0.05, 0) is 39.2 Å². The van der Waals surface area contributed by atoms with E-state index in [2.05, 4.69) is 27.8 Å². The van der Waals surface area contributed by atoms with Crippen molar-refractivity contribution in [2.24, 2.45) is 4.99 Å². The molecule has 6 heteroatoms. The monoisotopic (exact) mass is 475 g/mol. The number of halogens is 1. The summed E-state index contributed by atoms with van der Waals surface area (Å²) in [7, 11) is 1.78. The third-order valence-electron chi connectivity index (χ3n) is 3.55. The number of guanidine groups is 1. The quantitative estimate of drug-likeness (QED) is 0.184. The van der Waals surface area contributed by atoms with Crippen LogP contribution in [0.4, 0.5) is 0 Å². The number of rotatable bonds is 9. The Morgan fingerprint density at radius 3 is 2.31 bits per heavy atom. The van der Waals surface area contributed by atoms with Crippen LogP contribution in [0.25, 0.3) is 0 Å². The van der Waals surface area contributed by atoms with Crippen LogP contribution >= 0.6 is 24.0 Å². The highest BCUT2D eigenvalue weighted by atomic mass is 127. The topological polar surface area (TPSA) is 62.7 Å². The standard InChI is InChI=1S/C20H33N3O2.HI/c1-20(2,3)25-18(24)14-10-5-6-11-15-22-19(21-4)23-16-17-12-8-7-9-13-17;/h7-9,12-13H,5-6,10-11,14-16H2,1-4H3,(H2,21,22,23);1H. The Labute approximate surface area is 175 Å². The van der Waals surface area contributed by atoms with Crippen LogP contribution in [0.15, 0.2) is 35.3 Å². The number of nitrogens with zero attached hydrogens (tertiary/aromatic N) is 1. The second kappa shape index (κ2) is 13.8. The molecule has 0 aliphatic heterocycles.